The molecule has 1 saturated carbocycles. The van der Waals surface area contributed by atoms with Crippen LogP contribution in [0.25, 0.3) is 0 Å². The molecular formula is C22H22F3N3O3. The van der Waals surface area contributed by atoms with E-state index < -0.39 is 6.36 Å². The average molecular weight is 433 g/mol. The molecule has 2 aliphatic rings. The van der Waals surface area contributed by atoms with Gasteiger partial charge in [-0.15, -0.1) is 13.2 Å². The predicted octanol–water partition coefficient (Wildman–Crippen LogP) is 4.77. The lowest BCUT2D eigenvalue weighted by molar-refractivity contribution is -0.274. The molecule has 0 unspecified atom stereocenters. The van der Waals surface area contributed by atoms with Crippen LogP contribution in [0.2, 0.25) is 0 Å². The summed E-state index contributed by atoms with van der Waals surface area (Å²) in [4.78, 5) is 28.6. The highest BCUT2D eigenvalue weighted by molar-refractivity contribution is 6.01. The van der Waals surface area contributed by atoms with Crippen LogP contribution in [0.3, 0.4) is 0 Å². The van der Waals surface area contributed by atoms with Gasteiger partial charge in [0.15, 0.2) is 0 Å². The van der Waals surface area contributed by atoms with E-state index in [9.17, 15) is 22.8 Å². The minimum atomic E-state index is -4.74. The second kappa shape index (κ2) is 8.49. The number of nitrogens with zero attached hydrogens (tertiary/aromatic N) is 2. The predicted molar refractivity (Wildman–Crippen MR) is 109 cm³/mol. The van der Waals surface area contributed by atoms with Crippen LogP contribution in [0.1, 0.15) is 24.8 Å². The van der Waals surface area contributed by atoms with Crippen molar-refractivity contribution in [3.63, 3.8) is 0 Å². The number of hydrogen-bond donors (Lipinski definition) is 1. The summed E-state index contributed by atoms with van der Waals surface area (Å²) in [5, 5.41) is 2.92. The number of halogens is 3. The molecule has 1 N–H and O–H groups in total. The average Bonchev–Trinajstić information content (AvgIpc) is 3.56. The third-order valence-electron chi connectivity index (χ3n) is 5.24. The summed E-state index contributed by atoms with van der Waals surface area (Å²) < 4.78 is 40.9. The Labute approximate surface area is 177 Å². The molecule has 0 aromatic heterocycles. The second-order valence-electron chi connectivity index (χ2n) is 7.68. The maximum absolute atomic E-state index is 13.1. The number of rotatable bonds is 6. The van der Waals surface area contributed by atoms with E-state index in [1.807, 2.05) is 12.1 Å². The number of para-hydroxylation sites is 2. The largest absolute Gasteiger partial charge is 0.573 e. The van der Waals surface area contributed by atoms with Crippen molar-refractivity contribution in [1.82, 2.24) is 4.90 Å². The summed E-state index contributed by atoms with van der Waals surface area (Å²) >= 11 is 0. The van der Waals surface area contributed by atoms with Gasteiger partial charge >= 0.3 is 12.4 Å². The van der Waals surface area contributed by atoms with Gasteiger partial charge in [-0.1, -0.05) is 24.3 Å². The van der Waals surface area contributed by atoms with Crippen LogP contribution < -0.4 is 15.0 Å². The number of carbonyl (C=O) groups is 2. The Hall–Kier alpha value is -3.23. The zero-order valence-electron chi connectivity index (χ0n) is 16.7. The first-order valence-electron chi connectivity index (χ1n) is 10.1. The molecule has 0 bridgehead atoms. The molecule has 164 valence electrons. The third-order valence-corrected chi connectivity index (χ3v) is 5.24. The highest BCUT2D eigenvalue weighted by Crippen LogP contribution is 2.34. The second-order valence-corrected chi connectivity index (χ2v) is 7.68. The zero-order valence-corrected chi connectivity index (χ0v) is 16.7. The normalized spacial score (nSPS) is 16.9. The molecule has 0 spiro atoms. The number of nitrogens with one attached hydrogen (secondary N) is 1. The van der Waals surface area contributed by atoms with Gasteiger partial charge < -0.3 is 15.0 Å². The number of carbonyl (C=O) groups excluding carboxylic acids is 2. The quantitative estimate of drug-likeness (QED) is 0.714. The Morgan fingerprint density at radius 3 is 2.45 bits per heavy atom. The molecule has 2 fully saturated rings. The number of benzene rings is 2. The molecule has 2 aromatic carbocycles. The molecule has 6 nitrogen and oxygen atoms in total. The van der Waals surface area contributed by atoms with E-state index in [-0.39, 0.29) is 30.2 Å². The van der Waals surface area contributed by atoms with Crippen LogP contribution >= 0.6 is 0 Å². The molecule has 3 amide bonds. The van der Waals surface area contributed by atoms with E-state index in [0.717, 1.165) is 19.3 Å². The number of hydrogen-bond acceptors (Lipinski definition) is 3. The zero-order chi connectivity index (χ0) is 22.0. The topological polar surface area (TPSA) is 61.9 Å². The fourth-order valence-electron chi connectivity index (χ4n) is 3.56. The van der Waals surface area contributed by atoms with Crippen molar-refractivity contribution in [3.05, 3.63) is 54.1 Å². The van der Waals surface area contributed by atoms with Gasteiger partial charge in [0.25, 0.3) is 0 Å². The number of anilines is 2. The monoisotopic (exact) mass is 433 g/mol. The van der Waals surface area contributed by atoms with Gasteiger partial charge in [0, 0.05) is 25.6 Å². The van der Waals surface area contributed by atoms with Gasteiger partial charge in [-0.3, -0.25) is 9.69 Å². The van der Waals surface area contributed by atoms with E-state index >= 15 is 0 Å². The van der Waals surface area contributed by atoms with Gasteiger partial charge in [0.05, 0.1) is 11.4 Å². The van der Waals surface area contributed by atoms with E-state index in [1.54, 1.807) is 21.9 Å². The SMILES string of the molecule is O=C(Nc1ccccc1N1CCCN(Cc2ccc(OC(F)(F)F)cc2)C1=O)C1CC1. The van der Waals surface area contributed by atoms with Crippen molar-refractivity contribution in [1.29, 1.82) is 0 Å². The van der Waals surface area contributed by atoms with Crippen LogP contribution in [0.15, 0.2) is 48.5 Å². The van der Waals surface area contributed by atoms with Gasteiger partial charge in [-0.2, -0.15) is 0 Å². The Morgan fingerprint density at radius 1 is 1.06 bits per heavy atom. The third kappa shape index (κ3) is 5.28. The van der Waals surface area contributed by atoms with Gasteiger partial charge in [0.1, 0.15) is 5.75 Å². The molecule has 0 radical (unpaired) electrons. The van der Waals surface area contributed by atoms with Crippen LogP contribution in [0, 0.1) is 5.92 Å². The first kappa shape index (κ1) is 21.0. The van der Waals surface area contributed by atoms with Crippen LogP contribution in [0.4, 0.5) is 29.3 Å². The first-order chi connectivity index (χ1) is 14.8. The van der Waals surface area contributed by atoms with Crippen molar-refractivity contribution in [3.8, 4) is 5.75 Å². The number of amides is 3. The summed E-state index contributed by atoms with van der Waals surface area (Å²) in [6.45, 7) is 1.31. The smallest absolute Gasteiger partial charge is 0.406 e. The lowest BCUT2D eigenvalue weighted by atomic mass is 10.1. The fourth-order valence-corrected chi connectivity index (χ4v) is 3.56. The lowest BCUT2D eigenvalue weighted by Gasteiger charge is -2.36. The molecule has 9 heteroatoms. The maximum atomic E-state index is 13.1. The minimum Gasteiger partial charge on any atom is -0.406 e. The lowest BCUT2D eigenvalue weighted by Crippen LogP contribution is -2.49. The van der Waals surface area contributed by atoms with Crippen molar-refractivity contribution in [2.24, 2.45) is 5.92 Å². The number of alkyl halides is 3. The van der Waals surface area contributed by atoms with E-state index in [1.165, 1.54) is 24.3 Å². The molecule has 4 rings (SSSR count). The fraction of sp³-hybridized carbons (Fsp3) is 0.364. The van der Waals surface area contributed by atoms with Crippen LogP contribution in [0.5, 0.6) is 5.75 Å². The minimum absolute atomic E-state index is 0.0325. The molecule has 0 atom stereocenters. The summed E-state index contributed by atoms with van der Waals surface area (Å²) in [5.41, 5.74) is 1.93. The molecule has 1 heterocycles. The van der Waals surface area contributed by atoms with E-state index in [4.69, 9.17) is 0 Å². The van der Waals surface area contributed by atoms with Gasteiger partial charge in [-0.05, 0) is 49.1 Å². The molecule has 2 aromatic rings. The Bertz CT molecular complexity index is 958. The molecule has 1 aliphatic heterocycles. The van der Waals surface area contributed by atoms with Gasteiger partial charge in [-0.25, -0.2) is 4.79 Å². The van der Waals surface area contributed by atoms with Gasteiger partial charge in [0.2, 0.25) is 5.91 Å². The standard InChI is InChI=1S/C22H22F3N3O3/c23-22(24,25)31-17-10-6-15(7-11-17)14-27-12-3-13-28(21(27)30)19-5-2-1-4-18(19)26-20(29)16-8-9-16/h1-2,4-7,10-11,16H,3,8-9,12-14H2,(H,26,29). The summed E-state index contributed by atoms with van der Waals surface area (Å²) in [7, 11) is 0. The van der Waals surface area contributed by atoms with Crippen LogP contribution in [-0.4, -0.2) is 36.3 Å². The maximum Gasteiger partial charge on any atom is 0.573 e. The van der Waals surface area contributed by atoms with Crippen LogP contribution in [-0.2, 0) is 11.3 Å². The van der Waals surface area contributed by atoms with Crippen molar-refractivity contribution < 1.29 is 27.5 Å². The Balaban J connectivity index is 1.46. The Kier molecular flexibility index (Phi) is 5.75. The molecule has 31 heavy (non-hydrogen) atoms. The highest BCUT2D eigenvalue weighted by atomic mass is 19.4. The number of ether oxygens (including phenoxy) is 1. The number of urea groups is 1. The summed E-state index contributed by atoms with van der Waals surface area (Å²) in [5.74, 6) is -0.288. The molecule has 1 saturated heterocycles. The summed E-state index contributed by atoms with van der Waals surface area (Å²) in [6.07, 6.45) is -2.24. The molecule has 1 aliphatic carbocycles. The Morgan fingerprint density at radius 2 is 1.77 bits per heavy atom. The van der Waals surface area contributed by atoms with E-state index in [2.05, 4.69) is 10.1 Å². The van der Waals surface area contributed by atoms with Crippen molar-refractivity contribution in [2.45, 2.75) is 32.2 Å². The van der Waals surface area contributed by atoms with E-state index in [0.29, 0.717) is 30.0 Å². The highest BCUT2D eigenvalue weighted by Gasteiger charge is 2.33. The summed E-state index contributed by atoms with van der Waals surface area (Å²) in [6, 6.07) is 12.5. The molecular weight excluding hydrogens is 411 g/mol. The first-order valence-corrected chi connectivity index (χ1v) is 10.1. The van der Waals surface area contributed by atoms with Crippen molar-refractivity contribution in [2.75, 3.05) is 23.3 Å². The van der Waals surface area contributed by atoms with Crippen molar-refractivity contribution >= 4 is 23.3 Å².